The second kappa shape index (κ2) is 15.9. The molecule has 46 heavy (non-hydrogen) atoms. The van der Waals surface area contributed by atoms with Crippen LogP contribution in [0.2, 0.25) is 0 Å². The van der Waals surface area contributed by atoms with Crippen LogP contribution in [0.5, 0.6) is 5.75 Å². The number of guanidine groups is 1. The van der Waals surface area contributed by atoms with Crippen LogP contribution in [0, 0.1) is 17.2 Å². The van der Waals surface area contributed by atoms with E-state index < -0.39 is 49.3 Å². The third-order valence-corrected chi connectivity index (χ3v) is 7.33. The number of nitriles is 1. The number of benzene rings is 1. The first-order valence-corrected chi connectivity index (χ1v) is 14.9. The summed E-state index contributed by atoms with van der Waals surface area (Å²) in [7, 11) is 3.55. The first-order chi connectivity index (χ1) is 21.7. The number of nitrogens with two attached hydrogens (primary N) is 1. The number of nitrogens with one attached hydrogen (secondary N) is 2. The van der Waals surface area contributed by atoms with E-state index in [0.29, 0.717) is 42.0 Å². The molecule has 4 N–H and O–H groups in total. The van der Waals surface area contributed by atoms with Crippen LogP contribution in [-0.2, 0) is 14.4 Å². The number of alkyl halides is 2. The van der Waals surface area contributed by atoms with Gasteiger partial charge in [-0.3, -0.25) is 29.2 Å². The van der Waals surface area contributed by atoms with Gasteiger partial charge in [-0.25, -0.2) is 8.78 Å². The first-order valence-electron chi connectivity index (χ1n) is 14.9. The third kappa shape index (κ3) is 9.82. The molecule has 1 aliphatic rings. The molecule has 0 spiro atoms. The highest BCUT2D eigenvalue weighted by Crippen LogP contribution is 2.31. The van der Waals surface area contributed by atoms with Crippen molar-refractivity contribution in [2.75, 3.05) is 40.3 Å². The lowest BCUT2D eigenvalue weighted by atomic mass is 9.97. The number of rotatable bonds is 14. The predicted molar refractivity (Wildman–Crippen MR) is 166 cm³/mol. The van der Waals surface area contributed by atoms with Crippen molar-refractivity contribution >= 4 is 40.4 Å². The molecule has 1 aliphatic heterocycles. The number of ether oxygens (including phenoxy) is 1. The number of nitrogens with zero attached hydrogens (tertiary/aromatic N) is 5. The molecular weight excluding hydrogens is 602 g/mol. The number of amides is 3. The summed E-state index contributed by atoms with van der Waals surface area (Å²) in [6.45, 7) is 2.49. The van der Waals surface area contributed by atoms with Crippen LogP contribution >= 0.6 is 0 Å². The van der Waals surface area contributed by atoms with E-state index in [1.807, 2.05) is 0 Å². The minimum atomic E-state index is -3.16. The minimum Gasteiger partial charge on any atom is -0.493 e. The molecule has 3 rings (SSSR count). The molecule has 1 aromatic heterocycles. The predicted octanol–water partition coefficient (Wildman–Crippen LogP) is 1.86. The Labute approximate surface area is 266 Å². The number of hydrogen-bond donors (Lipinski definition) is 3. The smallest absolute Gasteiger partial charge is 0.268 e. The van der Waals surface area contributed by atoms with Crippen LogP contribution in [0.25, 0.3) is 10.9 Å². The second-order valence-electron chi connectivity index (χ2n) is 11.5. The van der Waals surface area contributed by atoms with Gasteiger partial charge in [0.05, 0.1) is 49.3 Å². The molecule has 1 aromatic carbocycles. The van der Waals surface area contributed by atoms with Gasteiger partial charge in [-0.15, -0.1) is 0 Å². The Kier molecular flexibility index (Phi) is 12.3. The van der Waals surface area contributed by atoms with Gasteiger partial charge < -0.3 is 30.9 Å². The molecule has 0 unspecified atom stereocenters. The van der Waals surface area contributed by atoms with Crippen molar-refractivity contribution in [2.45, 2.75) is 57.5 Å². The summed E-state index contributed by atoms with van der Waals surface area (Å²) < 4.78 is 33.2. The zero-order valence-electron chi connectivity index (χ0n) is 26.4. The third-order valence-electron chi connectivity index (χ3n) is 7.33. The van der Waals surface area contributed by atoms with E-state index in [1.54, 1.807) is 57.1 Å². The monoisotopic (exact) mass is 642 g/mol. The molecule has 15 heteroatoms. The van der Waals surface area contributed by atoms with Crippen LogP contribution < -0.4 is 21.1 Å². The van der Waals surface area contributed by atoms with Crippen molar-refractivity contribution in [1.82, 2.24) is 25.4 Å². The number of pyridine rings is 1. The fourth-order valence-corrected chi connectivity index (χ4v) is 4.81. The van der Waals surface area contributed by atoms with Gasteiger partial charge in [0.1, 0.15) is 11.8 Å². The number of halogens is 2. The fourth-order valence-electron chi connectivity index (χ4n) is 4.81. The number of aromatic nitrogens is 1. The molecule has 13 nitrogen and oxygen atoms in total. The standard InChI is InChI=1S/C31H40F2N8O5/c1-19(2)28(44)25(6-5-11-37-30(35)40(3)4)39-26(42)10-13-46-21-7-8-24-23(14-21)22(9-12-36-24)29(45)38-17-27(43)41-18-31(32,33)15-20(41)16-34/h7-9,12,14,19-20,25H,5-6,10-11,13,15,17-18H2,1-4H3,(H2,35,37)(H,38,45)(H,39,42)/t20-,25-/m0/s1. The Balaban J connectivity index is 1.58. The number of fused-ring (bicyclic) bond motifs is 1. The largest absolute Gasteiger partial charge is 0.493 e. The van der Waals surface area contributed by atoms with E-state index in [0.717, 1.165) is 4.90 Å². The number of likely N-dealkylation sites (tertiary alicyclic amines) is 1. The summed E-state index contributed by atoms with van der Waals surface area (Å²) in [4.78, 5) is 61.8. The summed E-state index contributed by atoms with van der Waals surface area (Å²) in [5.74, 6) is -4.60. The van der Waals surface area contributed by atoms with Gasteiger partial charge in [-0.2, -0.15) is 5.26 Å². The van der Waals surface area contributed by atoms with Gasteiger partial charge in [0.25, 0.3) is 11.8 Å². The normalized spacial score (nSPS) is 16.5. The molecular formula is C31H40F2N8O5. The zero-order valence-corrected chi connectivity index (χ0v) is 26.4. The van der Waals surface area contributed by atoms with Gasteiger partial charge >= 0.3 is 0 Å². The Morgan fingerprint density at radius 2 is 2.00 bits per heavy atom. The first kappa shape index (κ1) is 35.6. The van der Waals surface area contributed by atoms with Crippen molar-refractivity contribution in [3.63, 3.8) is 0 Å². The van der Waals surface area contributed by atoms with E-state index in [2.05, 4.69) is 20.6 Å². The molecule has 1 fully saturated rings. The van der Waals surface area contributed by atoms with E-state index in [4.69, 9.17) is 15.7 Å². The van der Waals surface area contributed by atoms with Crippen molar-refractivity contribution < 1.29 is 32.7 Å². The van der Waals surface area contributed by atoms with Crippen molar-refractivity contribution in [1.29, 1.82) is 5.26 Å². The average Bonchev–Trinajstić information content (AvgIpc) is 3.34. The van der Waals surface area contributed by atoms with Crippen molar-refractivity contribution in [3.8, 4) is 11.8 Å². The second-order valence-corrected chi connectivity index (χ2v) is 11.5. The summed E-state index contributed by atoms with van der Waals surface area (Å²) in [5.41, 5.74) is 6.42. The SMILES string of the molecule is CC(C)C(=O)[C@H](CCCN=C(N)N(C)C)NC(=O)CCOc1ccc2nccc(C(=O)NCC(=O)N3CC(F)(F)C[C@H]3C#N)c2c1. The molecule has 2 atom stereocenters. The maximum Gasteiger partial charge on any atom is 0.268 e. The van der Waals surface area contributed by atoms with Crippen molar-refractivity contribution in [2.24, 2.45) is 16.6 Å². The number of aliphatic imine (C=N–C) groups is 1. The van der Waals surface area contributed by atoms with Crippen LogP contribution in [0.3, 0.4) is 0 Å². The molecule has 248 valence electrons. The van der Waals surface area contributed by atoms with Crippen LogP contribution in [0.15, 0.2) is 35.5 Å². The number of carbonyl (C=O) groups is 4. The Bertz CT molecular complexity index is 1510. The maximum absolute atomic E-state index is 13.7. The lowest BCUT2D eigenvalue weighted by Crippen LogP contribution is -2.43. The van der Waals surface area contributed by atoms with E-state index in [1.165, 1.54) is 12.3 Å². The number of ketones is 1. The molecule has 0 radical (unpaired) electrons. The average molecular weight is 643 g/mol. The minimum absolute atomic E-state index is 0.0135. The van der Waals surface area contributed by atoms with Gasteiger partial charge in [0, 0.05) is 44.6 Å². The summed E-state index contributed by atoms with van der Waals surface area (Å²) in [6, 6.07) is 6.01. The summed E-state index contributed by atoms with van der Waals surface area (Å²) in [5, 5.41) is 14.8. The van der Waals surface area contributed by atoms with Crippen molar-refractivity contribution in [3.05, 3.63) is 36.0 Å². The number of hydrogen-bond acceptors (Lipinski definition) is 8. The van der Waals surface area contributed by atoms with Gasteiger partial charge in [-0.05, 0) is 37.1 Å². The van der Waals surface area contributed by atoms with E-state index in [-0.39, 0.29) is 36.2 Å². The topological polar surface area (TPSA) is 183 Å². The zero-order chi connectivity index (χ0) is 34.0. The van der Waals surface area contributed by atoms with Gasteiger partial charge in [-0.1, -0.05) is 13.8 Å². The Hall–Kier alpha value is -4.87. The quantitative estimate of drug-likeness (QED) is 0.157. The van der Waals surface area contributed by atoms with Crippen LogP contribution in [0.1, 0.15) is 49.9 Å². The van der Waals surface area contributed by atoms with Gasteiger partial charge in [0.2, 0.25) is 11.8 Å². The Morgan fingerprint density at radius 3 is 2.67 bits per heavy atom. The van der Waals surface area contributed by atoms with Gasteiger partial charge in [0.15, 0.2) is 11.7 Å². The van der Waals surface area contributed by atoms with E-state index in [9.17, 15) is 28.0 Å². The molecule has 0 saturated carbocycles. The van der Waals surface area contributed by atoms with E-state index >= 15 is 0 Å². The fraction of sp³-hybridized carbons (Fsp3) is 0.516. The number of Topliss-reactive ketones (excluding diaryl/α,β-unsaturated/α-hetero) is 1. The van der Waals surface area contributed by atoms with Crippen LogP contribution in [0.4, 0.5) is 8.78 Å². The molecule has 1 saturated heterocycles. The highest BCUT2D eigenvalue weighted by molar-refractivity contribution is 6.07. The molecule has 3 amide bonds. The number of carbonyl (C=O) groups excluding carboxylic acids is 4. The summed E-state index contributed by atoms with van der Waals surface area (Å²) >= 11 is 0. The maximum atomic E-state index is 13.7. The van der Waals surface area contributed by atoms with Crippen LogP contribution in [-0.4, -0.2) is 103 Å². The molecule has 2 heterocycles. The lowest BCUT2D eigenvalue weighted by molar-refractivity contribution is -0.131. The molecule has 0 bridgehead atoms. The highest BCUT2D eigenvalue weighted by atomic mass is 19.3. The Morgan fingerprint density at radius 1 is 1.26 bits per heavy atom. The highest BCUT2D eigenvalue weighted by Gasteiger charge is 2.47. The lowest BCUT2D eigenvalue weighted by Gasteiger charge is -2.20. The molecule has 2 aromatic rings. The molecule has 0 aliphatic carbocycles. The summed E-state index contributed by atoms with van der Waals surface area (Å²) in [6.07, 6.45) is 1.59.